The first-order valence-corrected chi connectivity index (χ1v) is 7.69. The topological polar surface area (TPSA) is 29.9 Å². The Bertz CT molecular complexity index is 683. The molecule has 3 nitrogen and oxygen atoms in total. The predicted molar refractivity (Wildman–Crippen MR) is 85.0 cm³/mol. The quantitative estimate of drug-likeness (QED) is 0.801. The molecular weight excluding hydrogens is 268 g/mol. The number of nitrogens with one attached hydrogen (secondary N) is 1. The number of methoxy groups -OCH3 is 1. The zero-order chi connectivity index (χ0) is 14.3. The summed E-state index contributed by atoms with van der Waals surface area (Å²) >= 11 is 5.55. The molecule has 1 saturated carbocycles. The smallest absolute Gasteiger partial charge is 0.178 e. The van der Waals surface area contributed by atoms with Crippen LogP contribution < -0.4 is 4.74 Å². The lowest BCUT2D eigenvalue weighted by molar-refractivity contribution is 0.185. The van der Waals surface area contributed by atoms with Crippen molar-refractivity contribution >= 4 is 23.3 Å². The summed E-state index contributed by atoms with van der Waals surface area (Å²) in [7, 11) is 1.70. The van der Waals surface area contributed by atoms with Crippen molar-refractivity contribution in [2.75, 3.05) is 7.11 Å². The number of aromatic amines is 1. The summed E-state index contributed by atoms with van der Waals surface area (Å²) < 4.78 is 8.48. The molecule has 1 aromatic carbocycles. The van der Waals surface area contributed by atoms with Gasteiger partial charge in [0.2, 0.25) is 0 Å². The Kier molecular flexibility index (Phi) is 3.36. The second kappa shape index (κ2) is 4.92. The molecule has 20 heavy (non-hydrogen) atoms. The summed E-state index contributed by atoms with van der Waals surface area (Å²) in [5.41, 5.74) is 2.66. The first-order chi connectivity index (χ1) is 9.50. The molecule has 1 atom stereocenters. The molecule has 0 radical (unpaired) electrons. The number of imidazole rings is 1. The second-order valence-corrected chi connectivity index (χ2v) is 6.98. The third-order valence-electron chi connectivity index (χ3n) is 4.47. The standard InChI is InChI=1S/C16H22N2OS/c1-16(2)8-4-5-11(10-16)18-14-9-12(19-3)6-7-13(14)17-15(18)20/h6-7,9,11H,4-5,8,10H2,1-3H3,(H,17,20). The van der Waals surface area contributed by atoms with Crippen LogP contribution in [0.1, 0.15) is 45.6 Å². The van der Waals surface area contributed by atoms with Gasteiger partial charge in [0.25, 0.3) is 0 Å². The van der Waals surface area contributed by atoms with Crippen molar-refractivity contribution in [1.29, 1.82) is 0 Å². The molecule has 1 aromatic heterocycles. The first kappa shape index (κ1) is 13.7. The Morgan fingerprint density at radius 2 is 2.20 bits per heavy atom. The number of benzene rings is 1. The van der Waals surface area contributed by atoms with Gasteiger partial charge < -0.3 is 14.3 Å². The lowest BCUT2D eigenvalue weighted by Gasteiger charge is -2.36. The SMILES string of the molecule is COc1ccc2[nH]c(=S)n(C3CCCC(C)(C)C3)c2c1. The van der Waals surface area contributed by atoms with E-state index in [-0.39, 0.29) is 0 Å². The van der Waals surface area contributed by atoms with Crippen molar-refractivity contribution in [3.63, 3.8) is 0 Å². The Morgan fingerprint density at radius 1 is 1.40 bits per heavy atom. The van der Waals surface area contributed by atoms with Crippen molar-refractivity contribution in [3.8, 4) is 5.75 Å². The van der Waals surface area contributed by atoms with Gasteiger partial charge in [-0.1, -0.05) is 20.3 Å². The summed E-state index contributed by atoms with van der Waals surface area (Å²) in [6.07, 6.45) is 4.98. The van der Waals surface area contributed by atoms with Crippen molar-refractivity contribution in [1.82, 2.24) is 9.55 Å². The lowest BCUT2D eigenvalue weighted by atomic mass is 9.75. The molecule has 0 aliphatic heterocycles. The molecule has 0 saturated heterocycles. The number of hydrogen-bond donors (Lipinski definition) is 1. The van der Waals surface area contributed by atoms with E-state index in [4.69, 9.17) is 17.0 Å². The van der Waals surface area contributed by atoms with E-state index in [1.165, 1.54) is 25.7 Å². The third-order valence-corrected chi connectivity index (χ3v) is 4.77. The highest BCUT2D eigenvalue weighted by molar-refractivity contribution is 7.71. The minimum Gasteiger partial charge on any atom is -0.497 e. The molecule has 108 valence electrons. The van der Waals surface area contributed by atoms with Gasteiger partial charge in [-0.15, -0.1) is 0 Å². The molecule has 0 amide bonds. The van der Waals surface area contributed by atoms with Crippen LogP contribution in [0.2, 0.25) is 0 Å². The van der Waals surface area contributed by atoms with Gasteiger partial charge in [-0.05, 0) is 49.0 Å². The molecule has 1 unspecified atom stereocenters. The maximum Gasteiger partial charge on any atom is 0.178 e. The van der Waals surface area contributed by atoms with Crippen LogP contribution in [-0.2, 0) is 0 Å². The van der Waals surface area contributed by atoms with Gasteiger partial charge in [-0.2, -0.15) is 0 Å². The maximum absolute atomic E-state index is 5.55. The zero-order valence-corrected chi connectivity index (χ0v) is 13.2. The average Bonchev–Trinajstić information content (AvgIpc) is 2.72. The molecule has 1 aliphatic carbocycles. The Labute approximate surface area is 125 Å². The van der Waals surface area contributed by atoms with Crippen LogP contribution >= 0.6 is 12.2 Å². The van der Waals surface area contributed by atoms with Crippen LogP contribution in [0.5, 0.6) is 5.75 Å². The highest BCUT2D eigenvalue weighted by atomic mass is 32.1. The van der Waals surface area contributed by atoms with Crippen LogP contribution in [0.15, 0.2) is 18.2 Å². The number of rotatable bonds is 2. The summed E-state index contributed by atoms with van der Waals surface area (Å²) in [6.45, 7) is 4.72. The van der Waals surface area contributed by atoms with Gasteiger partial charge in [-0.25, -0.2) is 0 Å². The van der Waals surface area contributed by atoms with E-state index in [0.717, 1.165) is 21.6 Å². The molecule has 0 bridgehead atoms. The van der Waals surface area contributed by atoms with Crippen molar-refractivity contribution in [3.05, 3.63) is 23.0 Å². The molecule has 4 heteroatoms. The second-order valence-electron chi connectivity index (χ2n) is 6.60. The fraction of sp³-hybridized carbons (Fsp3) is 0.562. The first-order valence-electron chi connectivity index (χ1n) is 7.28. The number of aromatic nitrogens is 2. The number of hydrogen-bond acceptors (Lipinski definition) is 2. The van der Waals surface area contributed by atoms with Crippen molar-refractivity contribution in [2.45, 2.75) is 45.6 Å². The fourth-order valence-electron chi connectivity index (χ4n) is 3.47. The molecular formula is C16H22N2OS. The summed E-state index contributed by atoms with van der Waals surface area (Å²) in [5.74, 6) is 0.885. The minimum atomic E-state index is 0.403. The van der Waals surface area contributed by atoms with Crippen LogP contribution in [0, 0.1) is 10.2 Å². The molecule has 1 heterocycles. The van der Waals surface area contributed by atoms with Gasteiger partial charge in [0, 0.05) is 12.1 Å². The Morgan fingerprint density at radius 3 is 2.90 bits per heavy atom. The van der Waals surface area contributed by atoms with E-state index in [2.05, 4.69) is 35.5 Å². The maximum atomic E-state index is 5.55. The lowest BCUT2D eigenvalue weighted by Crippen LogP contribution is -2.25. The normalized spacial score (nSPS) is 22.1. The molecule has 3 rings (SSSR count). The number of ether oxygens (including phenoxy) is 1. The van der Waals surface area contributed by atoms with Gasteiger partial charge >= 0.3 is 0 Å². The number of fused-ring (bicyclic) bond motifs is 1. The van der Waals surface area contributed by atoms with Gasteiger partial charge in [0.1, 0.15) is 5.75 Å². The van der Waals surface area contributed by atoms with Crippen molar-refractivity contribution < 1.29 is 4.74 Å². The van der Waals surface area contributed by atoms with E-state index in [9.17, 15) is 0 Å². The molecule has 1 fully saturated rings. The molecule has 1 aliphatic rings. The zero-order valence-electron chi connectivity index (χ0n) is 12.4. The average molecular weight is 290 g/mol. The van der Waals surface area contributed by atoms with E-state index in [1.807, 2.05) is 6.07 Å². The van der Waals surface area contributed by atoms with Gasteiger partial charge in [0.05, 0.1) is 18.1 Å². The Balaban J connectivity index is 2.10. The Hall–Kier alpha value is -1.29. The van der Waals surface area contributed by atoms with E-state index < -0.39 is 0 Å². The van der Waals surface area contributed by atoms with Crippen LogP contribution in [-0.4, -0.2) is 16.7 Å². The van der Waals surface area contributed by atoms with Crippen LogP contribution in [0.25, 0.3) is 11.0 Å². The van der Waals surface area contributed by atoms with E-state index in [1.54, 1.807) is 7.11 Å². The summed E-state index contributed by atoms with van der Waals surface area (Å²) in [4.78, 5) is 3.33. The molecule has 2 aromatic rings. The summed E-state index contributed by atoms with van der Waals surface area (Å²) in [6, 6.07) is 6.60. The van der Waals surface area contributed by atoms with Crippen molar-refractivity contribution in [2.24, 2.45) is 5.41 Å². The largest absolute Gasteiger partial charge is 0.497 e. The highest BCUT2D eigenvalue weighted by Crippen LogP contribution is 2.42. The highest BCUT2D eigenvalue weighted by Gasteiger charge is 2.30. The van der Waals surface area contributed by atoms with E-state index in [0.29, 0.717) is 11.5 Å². The van der Waals surface area contributed by atoms with Gasteiger partial charge in [0.15, 0.2) is 4.77 Å². The third kappa shape index (κ3) is 2.37. The monoisotopic (exact) mass is 290 g/mol. The minimum absolute atomic E-state index is 0.403. The fourth-order valence-corrected chi connectivity index (χ4v) is 3.83. The van der Waals surface area contributed by atoms with E-state index >= 15 is 0 Å². The van der Waals surface area contributed by atoms with Gasteiger partial charge in [-0.3, -0.25) is 0 Å². The summed E-state index contributed by atoms with van der Waals surface area (Å²) in [5, 5.41) is 0. The molecule has 0 spiro atoms. The van der Waals surface area contributed by atoms with Crippen LogP contribution in [0.3, 0.4) is 0 Å². The number of nitrogens with zero attached hydrogens (tertiary/aromatic N) is 1. The number of H-pyrrole nitrogens is 1. The van der Waals surface area contributed by atoms with Crippen LogP contribution in [0.4, 0.5) is 0 Å². The molecule has 1 N–H and O–H groups in total. The predicted octanol–water partition coefficient (Wildman–Crippen LogP) is 4.85.